The molecule has 0 amide bonds. The first-order valence-electron chi connectivity index (χ1n) is 3.71. The van der Waals surface area contributed by atoms with Gasteiger partial charge in [-0.25, -0.2) is 0 Å². The molecule has 0 rings (SSSR count). The summed E-state index contributed by atoms with van der Waals surface area (Å²) in [6.07, 6.45) is 5.87. The first kappa shape index (κ1) is 9.96. The Kier molecular flexibility index (Phi) is 4.28. The van der Waals surface area contributed by atoms with Crippen molar-refractivity contribution in [1.29, 1.82) is 0 Å². The van der Waals surface area contributed by atoms with Crippen molar-refractivity contribution in [2.24, 2.45) is 0 Å². The van der Waals surface area contributed by atoms with Gasteiger partial charge in [-0.1, -0.05) is 42.5 Å². The fraction of sp³-hybridized carbons (Fsp3) is 0.273. The SMILES string of the molecule is C=C/C=C(C)\C=C(\C)C(=C)C. The smallest absolute Gasteiger partial charge is 0.0395 e. The summed E-state index contributed by atoms with van der Waals surface area (Å²) in [5, 5.41) is 0. The van der Waals surface area contributed by atoms with E-state index in [9.17, 15) is 0 Å². The third kappa shape index (κ3) is 4.38. The van der Waals surface area contributed by atoms with E-state index in [0.29, 0.717) is 0 Å². The molecule has 0 aromatic heterocycles. The molecule has 0 aliphatic carbocycles. The van der Waals surface area contributed by atoms with Crippen LogP contribution in [-0.4, -0.2) is 0 Å². The standard InChI is InChI=1S/C11H16/c1-6-7-10(4)8-11(5)9(2)3/h6-8H,1-2H2,3-5H3/b10-7-,11-8-. The Bertz CT molecular complexity index is 214. The fourth-order valence-corrected chi connectivity index (χ4v) is 0.699. The van der Waals surface area contributed by atoms with E-state index in [-0.39, 0.29) is 0 Å². The van der Waals surface area contributed by atoms with Gasteiger partial charge in [0.15, 0.2) is 0 Å². The van der Waals surface area contributed by atoms with Crippen molar-refractivity contribution in [2.75, 3.05) is 0 Å². The Balaban J connectivity index is 4.42. The second-order valence-electron chi connectivity index (χ2n) is 2.75. The minimum atomic E-state index is 1.11. The molecule has 0 radical (unpaired) electrons. The Labute approximate surface area is 69.6 Å². The van der Waals surface area contributed by atoms with E-state index in [1.54, 1.807) is 6.08 Å². The molecule has 0 unspecified atom stereocenters. The van der Waals surface area contributed by atoms with Gasteiger partial charge in [-0.15, -0.1) is 0 Å². The predicted molar refractivity (Wildman–Crippen MR) is 52.5 cm³/mol. The first-order chi connectivity index (χ1) is 5.07. The van der Waals surface area contributed by atoms with Crippen LogP contribution in [0.3, 0.4) is 0 Å². The average molecular weight is 148 g/mol. The molecule has 0 aliphatic rings. The lowest BCUT2D eigenvalue weighted by Crippen LogP contribution is -1.77. The second-order valence-corrected chi connectivity index (χ2v) is 2.75. The van der Waals surface area contributed by atoms with Gasteiger partial charge in [0, 0.05) is 0 Å². The van der Waals surface area contributed by atoms with Crippen LogP contribution >= 0.6 is 0 Å². The maximum atomic E-state index is 3.85. The maximum absolute atomic E-state index is 3.85. The van der Waals surface area contributed by atoms with Crippen LogP contribution in [0.4, 0.5) is 0 Å². The lowest BCUT2D eigenvalue weighted by Gasteiger charge is -1.97. The molecule has 0 aromatic rings. The molecule has 0 heteroatoms. The summed E-state index contributed by atoms with van der Waals surface area (Å²) >= 11 is 0. The average Bonchev–Trinajstić information content (AvgIpc) is 1.87. The van der Waals surface area contributed by atoms with Crippen LogP contribution in [0.25, 0.3) is 0 Å². The van der Waals surface area contributed by atoms with Gasteiger partial charge in [0.2, 0.25) is 0 Å². The quantitative estimate of drug-likeness (QED) is 0.536. The molecule has 0 bridgehead atoms. The number of hydrogen-bond acceptors (Lipinski definition) is 0. The Morgan fingerprint density at radius 2 is 1.73 bits per heavy atom. The summed E-state index contributed by atoms with van der Waals surface area (Å²) in [5.74, 6) is 0. The van der Waals surface area contributed by atoms with E-state index in [0.717, 1.165) is 5.57 Å². The molecule has 0 spiro atoms. The molecule has 0 atom stereocenters. The molecule has 0 fully saturated rings. The summed E-state index contributed by atoms with van der Waals surface area (Å²) in [6.45, 7) is 13.6. The van der Waals surface area contributed by atoms with Crippen molar-refractivity contribution in [3.05, 3.63) is 48.1 Å². The molecular weight excluding hydrogens is 132 g/mol. The Morgan fingerprint density at radius 3 is 2.09 bits per heavy atom. The van der Waals surface area contributed by atoms with Gasteiger partial charge in [0.25, 0.3) is 0 Å². The molecular formula is C11H16. The summed E-state index contributed by atoms with van der Waals surface area (Å²) in [4.78, 5) is 0. The lowest BCUT2D eigenvalue weighted by atomic mass is 10.1. The zero-order valence-corrected chi connectivity index (χ0v) is 7.65. The molecule has 60 valence electrons. The van der Waals surface area contributed by atoms with Crippen LogP contribution in [0, 0.1) is 0 Å². The van der Waals surface area contributed by atoms with Gasteiger partial charge in [0.1, 0.15) is 0 Å². The molecule has 0 aliphatic heterocycles. The largest absolute Gasteiger partial charge is 0.0991 e. The van der Waals surface area contributed by atoms with Crippen molar-refractivity contribution in [2.45, 2.75) is 20.8 Å². The van der Waals surface area contributed by atoms with Crippen molar-refractivity contribution < 1.29 is 0 Å². The highest BCUT2D eigenvalue weighted by molar-refractivity contribution is 5.33. The van der Waals surface area contributed by atoms with E-state index in [4.69, 9.17) is 0 Å². The molecule has 0 saturated heterocycles. The van der Waals surface area contributed by atoms with Crippen LogP contribution in [0.2, 0.25) is 0 Å². The number of hydrogen-bond donors (Lipinski definition) is 0. The van der Waals surface area contributed by atoms with Crippen LogP contribution in [-0.2, 0) is 0 Å². The summed E-state index contributed by atoms with van der Waals surface area (Å²) < 4.78 is 0. The third-order valence-electron chi connectivity index (χ3n) is 1.50. The highest BCUT2D eigenvalue weighted by atomic mass is 13.9. The highest BCUT2D eigenvalue weighted by Gasteiger charge is 1.88. The molecule has 0 nitrogen and oxygen atoms in total. The third-order valence-corrected chi connectivity index (χ3v) is 1.50. The van der Waals surface area contributed by atoms with E-state index >= 15 is 0 Å². The molecule has 0 aromatic carbocycles. The monoisotopic (exact) mass is 148 g/mol. The summed E-state index contributed by atoms with van der Waals surface area (Å²) in [6, 6.07) is 0. The number of allylic oxidation sites excluding steroid dienone is 6. The van der Waals surface area contributed by atoms with Crippen LogP contribution in [0.15, 0.2) is 48.1 Å². The van der Waals surface area contributed by atoms with Crippen LogP contribution in [0.5, 0.6) is 0 Å². The lowest BCUT2D eigenvalue weighted by molar-refractivity contribution is 1.33. The van der Waals surface area contributed by atoms with Gasteiger partial charge in [-0.2, -0.15) is 0 Å². The summed E-state index contributed by atoms with van der Waals surface area (Å²) in [5.41, 5.74) is 3.54. The van der Waals surface area contributed by atoms with Crippen molar-refractivity contribution in [3.63, 3.8) is 0 Å². The second kappa shape index (κ2) is 4.73. The molecule has 0 heterocycles. The highest BCUT2D eigenvalue weighted by Crippen LogP contribution is 2.08. The molecule has 0 saturated carbocycles. The Hall–Kier alpha value is -1.04. The first-order valence-corrected chi connectivity index (χ1v) is 3.71. The van der Waals surface area contributed by atoms with Crippen molar-refractivity contribution >= 4 is 0 Å². The van der Waals surface area contributed by atoms with Crippen LogP contribution < -0.4 is 0 Å². The maximum Gasteiger partial charge on any atom is -0.0395 e. The van der Waals surface area contributed by atoms with Crippen LogP contribution in [0.1, 0.15) is 20.8 Å². The van der Waals surface area contributed by atoms with Gasteiger partial charge in [-0.3, -0.25) is 0 Å². The minimum absolute atomic E-state index is 1.11. The van der Waals surface area contributed by atoms with Gasteiger partial charge in [0.05, 0.1) is 0 Å². The zero-order valence-electron chi connectivity index (χ0n) is 7.65. The van der Waals surface area contributed by atoms with Gasteiger partial charge < -0.3 is 0 Å². The summed E-state index contributed by atoms with van der Waals surface area (Å²) in [7, 11) is 0. The molecule has 0 N–H and O–H groups in total. The number of rotatable bonds is 3. The van der Waals surface area contributed by atoms with Crippen molar-refractivity contribution in [1.82, 2.24) is 0 Å². The topological polar surface area (TPSA) is 0 Å². The predicted octanol–water partition coefficient (Wildman–Crippen LogP) is 3.64. The van der Waals surface area contributed by atoms with Gasteiger partial charge in [-0.05, 0) is 26.3 Å². The van der Waals surface area contributed by atoms with E-state index in [1.807, 2.05) is 19.9 Å². The van der Waals surface area contributed by atoms with E-state index in [2.05, 4.69) is 26.2 Å². The van der Waals surface area contributed by atoms with E-state index < -0.39 is 0 Å². The minimum Gasteiger partial charge on any atom is -0.0991 e. The van der Waals surface area contributed by atoms with Crippen molar-refractivity contribution in [3.8, 4) is 0 Å². The normalized spacial score (nSPS) is 13.0. The molecule has 11 heavy (non-hydrogen) atoms. The zero-order chi connectivity index (χ0) is 8.85. The fourth-order valence-electron chi connectivity index (χ4n) is 0.699. The van der Waals surface area contributed by atoms with E-state index in [1.165, 1.54) is 11.1 Å². The Morgan fingerprint density at radius 1 is 1.18 bits per heavy atom. The van der Waals surface area contributed by atoms with Gasteiger partial charge >= 0.3 is 0 Å².